The minimum atomic E-state index is 0.568. The van der Waals surface area contributed by atoms with Gasteiger partial charge in [-0.2, -0.15) is 0 Å². The molecule has 1 saturated carbocycles. The first-order valence-corrected chi connectivity index (χ1v) is 14.4. The second-order valence-corrected chi connectivity index (χ2v) is 10.4. The summed E-state index contributed by atoms with van der Waals surface area (Å²) in [5.41, 5.74) is 4.48. The maximum absolute atomic E-state index is 6.19. The van der Waals surface area contributed by atoms with Crippen molar-refractivity contribution >= 4 is 11.0 Å². The van der Waals surface area contributed by atoms with Crippen molar-refractivity contribution in [2.24, 2.45) is 5.92 Å². The fourth-order valence-electron chi connectivity index (χ4n) is 5.51. The van der Waals surface area contributed by atoms with Gasteiger partial charge in [0.1, 0.15) is 23.9 Å². The van der Waals surface area contributed by atoms with Crippen molar-refractivity contribution in [3.8, 4) is 22.9 Å². The molecule has 5 rings (SSSR count). The quantitative estimate of drug-likeness (QED) is 0.173. The molecule has 4 aromatic rings. The average Bonchev–Trinajstić information content (AvgIpc) is 3.61. The molecule has 0 atom stereocenters. The summed E-state index contributed by atoms with van der Waals surface area (Å²) in [5.74, 6) is 3.54. The summed E-state index contributed by atoms with van der Waals surface area (Å²) in [5, 5.41) is 0. The molecule has 1 aliphatic carbocycles. The van der Waals surface area contributed by atoms with Crippen LogP contribution in [0.25, 0.3) is 22.4 Å². The molecule has 38 heavy (non-hydrogen) atoms. The van der Waals surface area contributed by atoms with Crippen LogP contribution in [0.5, 0.6) is 11.5 Å². The van der Waals surface area contributed by atoms with Crippen LogP contribution in [0.15, 0.2) is 72.8 Å². The van der Waals surface area contributed by atoms with Crippen LogP contribution < -0.4 is 9.47 Å². The fraction of sp³-hybridized carbons (Fsp3) is 0.424. The number of nitrogens with zero attached hydrogens (tertiary/aromatic N) is 3. The highest BCUT2D eigenvalue weighted by Gasteiger charge is 2.20. The van der Waals surface area contributed by atoms with E-state index in [0.717, 1.165) is 73.1 Å². The third kappa shape index (κ3) is 6.57. The number of hydrogen-bond acceptors (Lipinski definition) is 4. The molecular weight excluding hydrogens is 470 g/mol. The van der Waals surface area contributed by atoms with E-state index in [9.17, 15) is 0 Å². The highest BCUT2D eigenvalue weighted by molar-refractivity contribution is 5.82. The second-order valence-electron chi connectivity index (χ2n) is 10.4. The normalized spacial score (nSPS) is 14.0. The molecule has 0 N–H and O–H groups in total. The van der Waals surface area contributed by atoms with E-state index >= 15 is 0 Å². The summed E-state index contributed by atoms with van der Waals surface area (Å²) in [6, 6.07) is 25.0. The molecule has 5 nitrogen and oxygen atoms in total. The molecule has 0 aliphatic heterocycles. The van der Waals surface area contributed by atoms with Crippen molar-refractivity contribution in [3.05, 3.63) is 78.4 Å². The van der Waals surface area contributed by atoms with E-state index in [-0.39, 0.29) is 0 Å². The van der Waals surface area contributed by atoms with Crippen LogP contribution in [0.1, 0.15) is 51.5 Å². The highest BCUT2D eigenvalue weighted by Crippen LogP contribution is 2.33. The third-order valence-electron chi connectivity index (χ3n) is 7.78. The van der Waals surface area contributed by atoms with Crippen LogP contribution in [0.4, 0.5) is 0 Å². The van der Waals surface area contributed by atoms with Crippen LogP contribution in [0, 0.1) is 5.92 Å². The van der Waals surface area contributed by atoms with Gasteiger partial charge in [0.15, 0.2) is 0 Å². The predicted molar refractivity (Wildman–Crippen MR) is 156 cm³/mol. The lowest BCUT2D eigenvalue weighted by atomic mass is 10.1. The molecule has 0 radical (unpaired) electrons. The lowest BCUT2D eigenvalue weighted by molar-refractivity contribution is 0.249. The number of fused-ring (bicyclic) bond motifs is 1. The summed E-state index contributed by atoms with van der Waals surface area (Å²) in [4.78, 5) is 7.53. The second kappa shape index (κ2) is 13.0. The van der Waals surface area contributed by atoms with E-state index < -0.39 is 0 Å². The zero-order chi connectivity index (χ0) is 26.2. The van der Waals surface area contributed by atoms with E-state index in [4.69, 9.17) is 14.5 Å². The number of ether oxygens (including phenoxy) is 2. The maximum Gasteiger partial charge on any atom is 0.141 e. The maximum atomic E-state index is 6.19. The minimum Gasteiger partial charge on any atom is -0.493 e. The molecule has 5 heteroatoms. The third-order valence-corrected chi connectivity index (χ3v) is 7.78. The Hall–Kier alpha value is -3.31. The molecule has 1 fully saturated rings. The molecule has 0 amide bonds. The Kier molecular flexibility index (Phi) is 8.98. The topological polar surface area (TPSA) is 39.5 Å². The van der Waals surface area contributed by atoms with E-state index in [1.807, 2.05) is 18.2 Å². The zero-order valence-corrected chi connectivity index (χ0v) is 22.9. The van der Waals surface area contributed by atoms with Gasteiger partial charge in [-0.05, 0) is 80.2 Å². The number of imidazole rings is 1. The van der Waals surface area contributed by atoms with E-state index in [1.165, 1.54) is 31.2 Å². The molecule has 1 heterocycles. The van der Waals surface area contributed by atoms with Crippen molar-refractivity contribution in [2.45, 2.75) is 59.1 Å². The van der Waals surface area contributed by atoms with Crippen LogP contribution in [0.3, 0.4) is 0 Å². The standard InChI is InChI=1S/C33H41N3O2/c1-3-35(4-2)21-10-22-37-30-19-20-31-32(23-30)36(24-26-11-8-9-12-26)33(34-31)28-15-17-29(18-16-28)38-25-27-13-6-5-7-14-27/h5-7,13-20,23,26H,3-4,8-12,21-22,24-25H2,1-2H3. The zero-order valence-electron chi connectivity index (χ0n) is 22.9. The van der Waals surface area contributed by atoms with Gasteiger partial charge in [-0.15, -0.1) is 0 Å². The van der Waals surface area contributed by atoms with Crippen LogP contribution in [-0.4, -0.2) is 40.7 Å². The largest absolute Gasteiger partial charge is 0.493 e. The number of benzene rings is 3. The number of hydrogen-bond donors (Lipinski definition) is 0. The Labute approximate surface area is 227 Å². The first-order valence-electron chi connectivity index (χ1n) is 14.4. The van der Waals surface area contributed by atoms with Gasteiger partial charge in [-0.3, -0.25) is 0 Å². The Morgan fingerprint density at radius 2 is 1.61 bits per heavy atom. The summed E-state index contributed by atoms with van der Waals surface area (Å²) in [6.45, 7) is 9.98. The van der Waals surface area contributed by atoms with E-state index in [2.05, 4.69) is 77.9 Å². The molecule has 3 aromatic carbocycles. The lowest BCUT2D eigenvalue weighted by Gasteiger charge is -2.18. The molecule has 200 valence electrons. The van der Waals surface area contributed by atoms with Crippen molar-refractivity contribution in [2.75, 3.05) is 26.2 Å². The fourth-order valence-corrected chi connectivity index (χ4v) is 5.51. The SMILES string of the molecule is CCN(CC)CCCOc1ccc2nc(-c3ccc(OCc4ccccc4)cc3)n(CC3CCCC3)c2c1. The molecule has 0 unspecified atom stereocenters. The van der Waals surface area contributed by atoms with Crippen molar-refractivity contribution in [1.82, 2.24) is 14.5 Å². The summed E-state index contributed by atoms with van der Waals surface area (Å²) >= 11 is 0. The van der Waals surface area contributed by atoms with Crippen LogP contribution in [0.2, 0.25) is 0 Å². The Morgan fingerprint density at radius 3 is 2.34 bits per heavy atom. The molecule has 0 spiro atoms. The van der Waals surface area contributed by atoms with Crippen LogP contribution in [-0.2, 0) is 13.2 Å². The van der Waals surface area contributed by atoms with Gasteiger partial charge in [-0.25, -0.2) is 4.98 Å². The predicted octanol–water partition coefficient (Wildman–Crippen LogP) is 7.58. The summed E-state index contributed by atoms with van der Waals surface area (Å²) in [7, 11) is 0. The van der Waals surface area contributed by atoms with Gasteiger partial charge in [0.2, 0.25) is 0 Å². The van der Waals surface area contributed by atoms with Crippen molar-refractivity contribution < 1.29 is 9.47 Å². The van der Waals surface area contributed by atoms with E-state index in [0.29, 0.717) is 12.5 Å². The molecule has 0 saturated heterocycles. The van der Waals surface area contributed by atoms with Gasteiger partial charge in [0, 0.05) is 24.7 Å². The Bertz CT molecular complexity index is 1270. The molecule has 0 bridgehead atoms. The lowest BCUT2D eigenvalue weighted by Crippen LogP contribution is -2.25. The van der Waals surface area contributed by atoms with Gasteiger partial charge in [0.25, 0.3) is 0 Å². The molecule has 1 aromatic heterocycles. The van der Waals surface area contributed by atoms with Gasteiger partial charge < -0.3 is 18.9 Å². The monoisotopic (exact) mass is 511 g/mol. The molecular formula is C33H41N3O2. The first kappa shape index (κ1) is 26.3. The number of rotatable bonds is 13. The van der Waals surface area contributed by atoms with Crippen molar-refractivity contribution in [1.29, 1.82) is 0 Å². The minimum absolute atomic E-state index is 0.568. The van der Waals surface area contributed by atoms with Crippen molar-refractivity contribution in [3.63, 3.8) is 0 Å². The smallest absolute Gasteiger partial charge is 0.141 e. The summed E-state index contributed by atoms with van der Waals surface area (Å²) in [6.07, 6.45) is 6.30. The first-order chi connectivity index (χ1) is 18.7. The van der Waals surface area contributed by atoms with Gasteiger partial charge in [0.05, 0.1) is 17.6 Å². The Morgan fingerprint density at radius 1 is 0.868 bits per heavy atom. The molecule has 1 aliphatic rings. The van der Waals surface area contributed by atoms with E-state index in [1.54, 1.807) is 0 Å². The van der Waals surface area contributed by atoms with Gasteiger partial charge >= 0.3 is 0 Å². The highest BCUT2D eigenvalue weighted by atomic mass is 16.5. The average molecular weight is 512 g/mol. The summed E-state index contributed by atoms with van der Waals surface area (Å²) < 4.78 is 14.6. The Balaban J connectivity index is 1.34. The van der Waals surface area contributed by atoms with Gasteiger partial charge in [-0.1, -0.05) is 57.0 Å². The number of aromatic nitrogens is 2. The van der Waals surface area contributed by atoms with Crippen LogP contribution >= 0.6 is 0 Å².